The summed E-state index contributed by atoms with van der Waals surface area (Å²) >= 11 is 2.86. The smallest absolute Gasteiger partial charge is 0.328 e. The Morgan fingerprint density at radius 2 is 1.93 bits per heavy atom. The lowest BCUT2D eigenvalue weighted by molar-refractivity contribution is -0.143. The van der Waals surface area contributed by atoms with Crippen LogP contribution >= 0.6 is 22.7 Å². The minimum absolute atomic E-state index is 0.411. The molecule has 1 amide bonds. The number of rotatable bonds is 5. The molecule has 1 aromatic carbocycles. The molecule has 0 spiro atoms. The van der Waals surface area contributed by atoms with Gasteiger partial charge in [0.2, 0.25) is 0 Å². The van der Waals surface area contributed by atoms with Crippen molar-refractivity contribution >= 4 is 55.0 Å². The lowest BCUT2D eigenvalue weighted by Crippen LogP contribution is -2.49. The number of aromatic nitrogens is 2. The van der Waals surface area contributed by atoms with Crippen molar-refractivity contribution in [1.29, 1.82) is 0 Å². The summed E-state index contributed by atoms with van der Waals surface area (Å²) in [5.74, 6) is -1.50. The van der Waals surface area contributed by atoms with Crippen molar-refractivity contribution in [1.82, 2.24) is 15.3 Å². The van der Waals surface area contributed by atoms with Crippen LogP contribution in [-0.4, -0.2) is 32.5 Å². The van der Waals surface area contributed by atoms with E-state index >= 15 is 0 Å². The Balaban J connectivity index is 1.77. The third-order valence-corrected chi connectivity index (χ3v) is 6.59. The number of para-hydroxylation sites is 1. The van der Waals surface area contributed by atoms with Crippen LogP contribution in [0.25, 0.3) is 20.4 Å². The van der Waals surface area contributed by atoms with Gasteiger partial charge in [0, 0.05) is 18.0 Å². The summed E-state index contributed by atoms with van der Waals surface area (Å²) in [4.78, 5) is 34.6. The van der Waals surface area contributed by atoms with Gasteiger partial charge in [0.15, 0.2) is 0 Å². The second-order valence-electron chi connectivity index (χ2n) is 6.90. The summed E-state index contributed by atoms with van der Waals surface area (Å²) in [6.07, 6.45) is 2.17. The topological polar surface area (TPSA) is 92.2 Å². The number of carbonyl (C=O) groups is 2. The van der Waals surface area contributed by atoms with Crippen LogP contribution in [0.5, 0.6) is 0 Å². The Morgan fingerprint density at radius 3 is 2.68 bits per heavy atom. The third kappa shape index (κ3) is 3.36. The van der Waals surface area contributed by atoms with E-state index in [4.69, 9.17) is 0 Å². The monoisotopic (exact) mass is 411 g/mol. The Morgan fingerprint density at radius 1 is 1.14 bits per heavy atom. The van der Waals surface area contributed by atoms with Gasteiger partial charge in [0.1, 0.15) is 10.4 Å². The predicted octanol–water partition coefficient (Wildman–Crippen LogP) is 4.09. The Labute approximate surface area is 168 Å². The lowest BCUT2D eigenvalue weighted by atomic mass is 10.0. The number of carbonyl (C=O) groups excluding carboxylic acids is 1. The second kappa shape index (κ2) is 6.96. The van der Waals surface area contributed by atoms with Crippen molar-refractivity contribution in [3.63, 3.8) is 0 Å². The molecule has 0 atom stereocenters. The normalized spacial score (nSPS) is 11.8. The van der Waals surface area contributed by atoms with Crippen molar-refractivity contribution in [3.05, 3.63) is 58.0 Å². The molecule has 142 valence electrons. The van der Waals surface area contributed by atoms with Crippen LogP contribution in [0.4, 0.5) is 0 Å². The van der Waals surface area contributed by atoms with Gasteiger partial charge in [-0.05, 0) is 37.6 Å². The van der Waals surface area contributed by atoms with Crippen LogP contribution in [-0.2, 0) is 11.2 Å². The number of hydrogen-bond donors (Lipinski definition) is 2. The van der Waals surface area contributed by atoms with E-state index in [-0.39, 0.29) is 0 Å². The van der Waals surface area contributed by atoms with E-state index in [1.165, 1.54) is 25.2 Å². The van der Waals surface area contributed by atoms with E-state index in [9.17, 15) is 14.7 Å². The number of carboxylic acid groups (broad SMARTS) is 1. The average Bonchev–Trinajstić information content (AvgIpc) is 3.23. The van der Waals surface area contributed by atoms with E-state index in [0.717, 1.165) is 31.0 Å². The van der Waals surface area contributed by atoms with Crippen LogP contribution in [0.15, 0.2) is 42.6 Å². The first kappa shape index (κ1) is 18.5. The maximum atomic E-state index is 12.9. The molecule has 28 heavy (non-hydrogen) atoms. The number of nitrogens with zero attached hydrogens (tertiary/aromatic N) is 2. The second-order valence-corrected chi connectivity index (χ2v) is 9.02. The van der Waals surface area contributed by atoms with Crippen molar-refractivity contribution in [2.45, 2.75) is 25.8 Å². The highest BCUT2D eigenvalue weighted by Gasteiger charge is 2.31. The Kier molecular flexibility index (Phi) is 4.60. The van der Waals surface area contributed by atoms with Gasteiger partial charge in [-0.2, -0.15) is 0 Å². The maximum absolute atomic E-state index is 12.9. The lowest BCUT2D eigenvalue weighted by Gasteiger charge is -2.20. The molecule has 3 heterocycles. The zero-order valence-electron chi connectivity index (χ0n) is 15.2. The number of benzene rings is 1. The van der Waals surface area contributed by atoms with Gasteiger partial charge in [-0.3, -0.25) is 4.79 Å². The molecule has 0 aliphatic rings. The molecule has 0 unspecified atom stereocenters. The van der Waals surface area contributed by atoms with E-state index < -0.39 is 17.4 Å². The van der Waals surface area contributed by atoms with E-state index in [0.29, 0.717) is 11.3 Å². The van der Waals surface area contributed by atoms with Crippen molar-refractivity contribution in [2.24, 2.45) is 0 Å². The fourth-order valence-corrected chi connectivity index (χ4v) is 4.92. The van der Waals surface area contributed by atoms with Crippen LogP contribution < -0.4 is 5.32 Å². The number of nitrogens with one attached hydrogen (secondary N) is 1. The van der Waals surface area contributed by atoms with Gasteiger partial charge in [-0.25, -0.2) is 14.8 Å². The molecular formula is C20H17N3O3S2. The number of thiazole rings is 1. The SMILES string of the molecule is CC(C)(NC(=O)c1sc2ncccc2c1Cc1nc2ccccc2s1)C(=O)O. The van der Waals surface area contributed by atoms with Crippen LogP contribution in [0, 0.1) is 0 Å². The molecule has 0 saturated carbocycles. The molecule has 0 aliphatic carbocycles. The van der Waals surface area contributed by atoms with Crippen molar-refractivity contribution in [3.8, 4) is 0 Å². The minimum Gasteiger partial charge on any atom is -0.480 e. The van der Waals surface area contributed by atoms with Gasteiger partial charge < -0.3 is 10.4 Å². The molecule has 4 aromatic rings. The maximum Gasteiger partial charge on any atom is 0.328 e. The summed E-state index contributed by atoms with van der Waals surface area (Å²) in [7, 11) is 0. The van der Waals surface area contributed by atoms with Crippen LogP contribution in [0.1, 0.15) is 34.1 Å². The van der Waals surface area contributed by atoms with Gasteiger partial charge in [-0.15, -0.1) is 22.7 Å². The molecule has 0 radical (unpaired) electrons. The highest BCUT2D eigenvalue weighted by Crippen LogP contribution is 2.33. The zero-order chi connectivity index (χ0) is 19.9. The number of hydrogen-bond acceptors (Lipinski definition) is 6. The van der Waals surface area contributed by atoms with Gasteiger partial charge in [0.25, 0.3) is 5.91 Å². The van der Waals surface area contributed by atoms with Crippen molar-refractivity contribution < 1.29 is 14.7 Å². The Bertz CT molecular complexity index is 1180. The van der Waals surface area contributed by atoms with E-state index in [2.05, 4.69) is 15.3 Å². The van der Waals surface area contributed by atoms with E-state index in [1.807, 2.05) is 36.4 Å². The largest absolute Gasteiger partial charge is 0.480 e. The molecule has 0 fully saturated rings. The van der Waals surface area contributed by atoms with Gasteiger partial charge >= 0.3 is 5.97 Å². The fourth-order valence-electron chi connectivity index (χ4n) is 2.88. The first-order valence-corrected chi connectivity index (χ1v) is 10.3. The number of pyridine rings is 1. The minimum atomic E-state index is -1.37. The summed E-state index contributed by atoms with van der Waals surface area (Å²) in [6.45, 7) is 2.93. The number of amides is 1. The first-order chi connectivity index (χ1) is 13.3. The summed E-state index contributed by atoms with van der Waals surface area (Å²) in [6, 6.07) is 11.7. The summed E-state index contributed by atoms with van der Waals surface area (Å²) < 4.78 is 1.09. The number of thiophene rings is 1. The molecule has 2 N–H and O–H groups in total. The highest BCUT2D eigenvalue weighted by molar-refractivity contribution is 7.20. The fraction of sp³-hybridized carbons (Fsp3) is 0.200. The van der Waals surface area contributed by atoms with Crippen LogP contribution in [0.2, 0.25) is 0 Å². The van der Waals surface area contributed by atoms with Gasteiger partial charge in [-0.1, -0.05) is 18.2 Å². The third-order valence-electron chi connectivity index (χ3n) is 4.40. The molecule has 0 aliphatic heterocycles. The standard InChI is InChI=1S/C20H17N3O3S2/c1-20(2,19(25)26)23-17(24)16-12(11-6-5-9-21-18(11)28-16)10-15-22-13-7-3-4-8-14(13)27-15/h3-9H,10H2,1-2H3,(H,23,24)(H,25,26). The highest BCUT2D eigenvalue weighted by atomic mass is 32.1. The number of fused-ring (bicyclic) bond motifs is 2. The van der Waals surface area contributed by atoms with Crippen LogP contribution in [0.3, 0.4) is 0 Å². The number of carboxylic acids is 1. The van der Waals surface area contributed by atoms with Gasteiger partial charge in [0.05, 0.1) is 20.1 Å². The first-order valence-electron chi connectivity index (χ1n) is 8.62. The average molecular weight is 412 g/mol. The summed E-state index contributed by atoms with van der Waals surface area (Å²) in [5.41, 5.74) is 0.386. The molecule has 0 bridgehead atoms. The predicted molar refractivity (Wildman–Crippen MR) is 111 cm³/mol. The molecule has 6 nitrogen and oxygen atoms in total. The number of aliphatic carboxylic acids is 1. The molecule has 0 saturated heterocycles. The zero-order valence-corrected chi connectivity index (χ0v) is 16.9. The summed E-state index contributed by atoms with van der Waals surface area (Å²) in [5, 5.41) is 13.7. The molecular weight excluding hydrogens is 394 g/mol. The molecule has 3 aromatic heterocycles. The quantitative estimate of drug-likeness (QED) is 0.516. The van der Waals surface area contributed by atoms with E-state index in [1.54, 1.807) is 17.5 Å². The molecule has 4 rings (SSSR count). The Hall–Kier alpha value is -2.84. The molecule has 8 heteroatoms. The van der Waals surface area contributed by atoms with Crippen molar-refractivity contribution in [2.75, 3.05) is 0 Å².